The minimum atomic E-state index is 0.421. The monoisotopic (exact) mass is 223 g/mol. The van der Waals surface area contributed by atoms with Crippen LogP contribution in [0.5, 0.6) is 0 Å². The van der Waals surface area contributed by atoms with Gasteiger partial charge in [-0.25, -0.2) is 0 Å². The second kappa shape index (κ2) is 4.89. The van der Waals surface area contributed by atoms with Gasteiger partial charge < -0.3 is 10.1 Å². The first-order valence-electron chi connectivity index (χ1n) is 6.73. The fourth-order valence-corrected chi connectivity index (χ4v) is 3.51. The third kappa shape index (κ3) is 1.93. The lowest BCUT2D eigenvalue weighted by molar-refractivity contribution is -0.131. The van der Waals surface area contributed by atoms with Crippen LogP contribution in [0.25, 0.3) is 0 Å². The Balaban J connectivity index is 1.97. The summed E-state index contributed by atoms with van der Waals surface area (Å²) in [6.07, 6.45) is 9.14. The van der Waals surface area contributed by atoms with Crippen molar-refractivity contribution in [3.8, 4) is 0 Å². The van der Waals surface area contributed by atoms with Crippen LogP contribution in [0.15, 0.2) is 12.7 Å². The van der Waals surface area contributed by atoms with Gasteiger partial charge in [-0.15, -0.1) is 6.58 Å². The fraction of sp³-hybridized carbons (Fsp3) is 0.857. The van der Waals surface area contributed by atoms with Crippen molar-refractivity contribution in [1.82, 2.24) is 5.32 Å². The average Bonchev–Trinajstić information content (AvgIpc) is 2.79. The van der Waals surface area contributed by atoms with Crippen molar-refractivity contribution in [1.29, 1.82) is 0 Å². The molecule has 2 rings (SSSR count). The SMILES string of the molecule is C=CC(C)NC1CC(OCC)C12CCCC2. The molecule has 0 aromatic heterocycles. The zero-order chi connectivity index (χ0) is 11.6. The van der Waals surface area contributed by atoms with Gasteiger partial charge in [-0.2, -0.15) is 0 Å². The Morgan fingerprint density at radius 3 is 2.75 bits per heavy atom. The topological polar surface area (TPSA) is 21.3 Å². The van der Waals surface area contributed by atoms with Crippen molar-refractivity contribution in [3.63, 3.8) is 0 Å². The molecule has 0 bridgehead atoms. The maximum atomic E-state index is 5.90. The minimum Gasteiger partial charge on any atom is -0.378 e. The van der Waals surface area contributed by atoms with E-state index >= 15 is 0 Å². The molecule has 2 fully saturated rings. The number of hydrogen-bond acceptors (Lipinski definition) is 2. The van der Waals surface area contributed by atoms with E-state index in [4.69, 9.17) is 4.74 Å². The smallest absolute Gasteiger partial charge is 0.0661 e. The van der Waals surface area contributed by atoms with Gasteiger partial charge in [-0.05, 0) is 33.1 Å². The van der Waals surface area contributed by atoms with Crippen molar-refractivity contribution >= 4 is 0 Å². The Bertz CT molecular complexity index is 245. The molecular weight excluding hydrogens is 198 g/mol. The highest BCUT2D eigenvalue weighted by molar-refractivity contribution is 5.11. The van der Waals surface area contributed by atoms with Crippen molar-refractivity contribution in [2.24, 2.45) is 5.41 Å². The van der Waals surface area contributed by atoms with Crippen molar-refractivity contribution in [3.05, 3.63) is 12.7 Å². The van der Waals surface area contributed by atoms with Gasteiger partial charge in [-0.1, -0.05) is 18.9 Å². The normalized spacial score (nSPS) is 33.6. The van der Waals surface area contributed by atoms with Crippen LogP contribution in [-0.4, -0.2) is 24.8 Å². The third-order valence-corrected chi connectivity index (χ3v) is 4.50. The van der Waals surface area contributed by atoms with Crippen molar-refractivity contribution in [2.75, 3.05) is 6.61 Å². The quantitative estimate of drug-likeness (QED) is 0.724. The van der Waals surface area contributed by atoms with Crippen LogP contribution in [0.2, 0.25) is 0 Å². The molecule has 1 N–H and O–H groups in total. The average molecular weight is 223 g/mol. The molecule has 2 aliphatic carbocycles. The van der Waals surface area contributed by atoms with E-state index in [0.717, 1.165) is 6.61 Å². The predicted octanol–water partition coefficient (Wildman–Crippen LogP) is 2.89. The lowest BCUT2D eigenvalue weighted by Gasteiger charge is -2.55. The molecule has 3 atom stereocenters. The van der Waals surface area contributed by atoms with Crippen LogP contribution in [0.1, 0.15) is 46.0 Å². The molecular formula is C14H25NO. The van der Waals surface area contributed by atoms with E-state index in [9.17, 15) is 0 Å². The van der Waals surface area contributed by atoms with E-state index in [0.29, 0.717) is 23.6 Å². The van der Waals surface area contributed by atoms with Crippen LogP contribution in [-0.2, 0) is 4.74 Å². The minimum absolute atomic E-state index is 0.421. The molecule has 2 heteroatoms. The number of nitrogens with one attached hydrogen (secondary N) is 1. The predicted molar refractivity (Wildman–Crippen MR) is 67.5 cm³/mol. The Morgan fingerprint density at radius 2 is 2.19 bits per heavy atom. The first-order chi connectivity index (χ1) is 7.73. The summed E-state index contributed by atoms with van der Waals surface area (Å²) in [6.45, 7) is 9.00. The Labute approximate surface area is 99.4 Å². The molecule has 2 aliphatic rings. The van der Waals surface area contributed by atoms with E-state index in [-0.39, 0.29) is 0 Å². The van der Waals surface area contributed by atoms with Gasteiger partial charge in [0.05, 0.1) is 6.10 Å². The molecule has 0 aliphatic heterocycles. The van der Waals surface area contributed by atoms with Gasteiger partial charge in [0.2, 0.25) is 0 Å². The Kier molecular flexibility index (Phi) is 3.70. The number of rotatable bonds is 5. The molecule has 3 unspecified atom stereocenters. The Hall–Kier alpha value is -0.340. The van der Waals surface area contributed by atoms with Crippen LogP contribution in [0, 0.1) is 5.41 Å². The maximum Gasteiger partial charge on any atom is 0.0661 e. The van der Waals surface area contributed by atoms with Crippen molar-refractivity contribution < 1.29 is 4.74 Å². The zero-order valence-electron chi connectivity index (χ0n) is 10.7. The highest BCUT2D eigenvalue weighted by Gasteiger charge is 2.56. The fourth-order valence-electron chi connectivity index (χ4n) is 3.51. The first kappa shape index (κ1) is 12.1. The largest absolute Gasteiger partial charge is 0.378 e. The Morgan fingerprint density at radius 1 is 1.50 bits per heavy atom. The molecule has 2 nitrogen and oxygen atoms in total. The van der Waals surface area contributed by atoms with E-state index in [1.807, 2.05) is 6.08 Å². The first-order valence-corrected chi connectivity index (χ1v) is 6.73. The molecule has 0 heterocycles. The van der Waals surface area contributed by atoms with E-state index in [1.165, 1.54) is 32.1 Å². The zero-order valence-corrected chi connectivity index (χ0v) is 10.7. The second-order valence-corrected chi connectivity index (χ2v) is 5.36. The summed E-state index contributed by atoms with van der Waals surface area (Å²) >= 11 is 0. The maximum absolute atomic E-state index is 5.90. The summed E-state index contributed by atoms with van der Waals surface area (Å²) in [5, 5.41) is 3.69. The van der Waals surface area contributed by atoms with Crippen LogP contribution in [0.4, 0.5) is 0 Å². The number of hydrogen-bond donors (Lipinski definition) is 1. The highest BCUT2D eigenvalue weighted by Crippen LogP contribution is 2.54. The molecule has 0 aromatic carbocycles. The summed E-state index contributed by atoms with van der Waals surface area (Å²) in [6, 6.07) is 1.07. The van der Waals surface area contributed by atoms with Crippen LogP contribution < -0.4 is 5.32 Å². The lowest BCUT2D eigenvalue weighted by atomic mass is 9.60. The molecule has 0 saturated heterocycles. The van der Waals surface area contributed by atoms with Crippen LogP contribution in [0.3, 0.4) is 0 Å². The molecule has 16 heavy (non-hydrogen) atoms. The van der Waals surface area contributed by atoms with E-state index in [2.05, 4.69) is 25.7 Å². The molecule has 0 radical (unpaired) electrons. The third-order valence-electron chi connectivity index (χ3n) is 4.50. The van der Waals surface area contributed by atoms with Gasteiger partial charge in [0, 0.05) is 24.1 Å². The number of ether oxygens (including phenoxy) is 1. The van der Waals surface area contributed by atoms with Gasteiger partial charge in [-0.3, -0.25) is 0 Å². The van der Waals surface area contributed by atoms with Gasteiger partial charge in [0.15, 0.2) is 0 Å². The molecule has 2 saturated carbocycles. The van der Waals surface area contributed by atoms with Gasteiger partial charge in [0.1, 0.15) is 0 Å². The second-order valence-electron chi connectivity index (χ2n) is 5.36. The summed E-state index contributed by atoms with van der Waals surface area (Å²) < 4.78 is 5.90. The molecule has 1 spiro atoms. The van der Waals surface area contributed by atoms with Gasteiger partial charge in [0.25, 0.3) is 0 Å². The molecule has 0 aromatic rings. The van der Waals surface area contributed by atoms with E-state index in [1.54, 1.807) is 0 Å². The molecule has 0 amide bonds. The summed E-state index contributed by atoms with van der Waals surface area (Å²) in [5.74, 6) is 0. The van der Waals surface area contributed by atoms with Crippen LogP contribution >= 0.6 is 0 Å². The summed E-state index contributed by atoms with van der Waals surface area (Å²) in [5.41, 5.74) is 0.452. The van der Waals surface area contributed by atoms with E-state index < -0.39 is 0 Å². The summed E-state index contributed by atoms with van der Waals surface area (Å²) in [7, 11) is 0. The lowest BCUT2D eigenvalue weighted by Crippen LogP contribution is -2.63. The van der Waals surface area contributed by atoms with Crippen molar-refractivity contribution in [2.45, 2.75) is 64.1 Å². The highest BCUT2D eigenvalue weighted by atomic mass is 16.5. The standard InChI is InChI=1S/C14H25NO/c1-4-11(3)15-12-10-13(16-5-2)14(12)8-6-7-9-14/h4,11-13,15H,1,5-10H2,2-3H3. The molecule has 92 valence electrons. The summed E-state index contributed by atoms with van der Waals surface area (Å²) in [4.78, 5) is 0. The van der Waals surface area contributed by atoms with Gasteiger partial charge >= 0.3 is 0 Å².